The fraction of sp³-hybridized carbons (Fsp3) is 0.143. The van der Waals surface area contributed by atoms with Gasteiger partial charge in [-0.15, -0.1) is 22.7 Å². The van der Waals surface area contributed by atoms with Gasteiger partial charge in [0.15, 0.2) is 5.13 Å². The molecule has 3 aromatic rings. The van der Waals surface area contributed by atoms with E-state index in [-0.39, 0.29) is 24.4 Å². The summed E-state index contributed by atoms with van der Waals surface area (Å²) in [6, 6.07) is 5.96. The van der Waals surface area contributed by atoms with Gasteiger partial charge in [-0.05, 0) is 12.1 Å². The maximum atomic E-state index is 12.0. The predicted molar refractivity (Wildman–Crippen MR) is 95.0 cm³/mol. The van der Waals surface area contributed by atoms with Gasteiger partial charge in [0.25, 0.3) is 11.1 Å². The maximum absolute atomic E-state index is 12.0. The van der Waals surface area contributed by atoms with E-state index in [1.54, 1.807) is 6.07 Å². The second kappa shape index (κ2) is 7.12. The van der Waals surface area contributed by atoms with E-state index in [2.05, 4.69) is 15.4 Å². The van der Waals surface area contributed by atoms with E-state index in [0.29, 0.717) is 9.47 Å². The van der Waals surface area contributed by atoms with E-state index < -0.39 is 5.56 Å². The van der Waals surface area contributed by atoms with E-state index in [4.69, 9.17) is 11.6 Å². The van der Waals surface area contributed by atoms with E-state index >= 15 is 0 Å². The Labute approximate surface area is 148 Å². The summed E-state index contributed by atoms with van der Waals surface area (Å²) in [5, 5.41) is 7.34. The van der Waals surface area contributed by atoms with Crippen LogP contribution in [-0.4, -0.2) is 20.7 Å². The molecule has 3 heterocycles. The Kier molecular flexibility index (Phi) is 4.93. The Hall–Kier alpha value is -2.23. The molecule has 0 saturated carbocycles. The van der Waals surface area contributed by atoms with Crippen molar-refractivity contribution in [1.82, 2.24) is 14.8 Å². The summed E-state index contributed by atoms with van der Waals surface area (Å²) in [7, 11) is 0. The van der Waals surface area contributed by atoms with Crippen molar-refractivity contribution in [3.05, 3.63) is 54.7 Å². The van der Waals surface area contributed by atoms with Crippen LogP contribution in [0.4, 0.5) is 5.13 Å². The molecule has 0 unspecified atom stereocenters. The topological polar surface area (TPSA) is 96.9 Å². The number of nitrogens with zero attached hydrogens (tertiary/aromatic N) is 2. The van der Waals surface area contributed by atoms with Gasteiger partial charge in [0, 0.05) is 23.9 Å². The van der Waals surface area contributed by atoms with Crippen LogP contribution < -0.4 is 16.4 Å². The third kappa shape index (κ3) is 3.99. The van der Waals surface area contributed by atoms with Gasteiger partial charge in [0.05, 0.1) is 21.5 Å². The van der Waals surface area contributed by atoms with Crippen LogP contribution in [0.15, 0.2) is 39.2 Å². The lowest BCUT2D eigenvalue weighted by atomic mass is 10.4. The molecule has 3 rings (SSSR count). The standard InChI is InChI=1S/C14H11ClN4O3S2/c15-10-2-1-9(24-10)8-7-23-14(16-8)17-11(20)5-6-19-13(22)4-3-12(21)18-19/h1-4,7H,5-6H2,(H,18,21)(H,16,17,20). The summed E-state index contributed by atoms with van der Waals surface area (Å²) in [5.74, 6) is -0.295. The zero-order chi connectivity index (χ0) is 17.1. The van der Waals surface area contributed by atoms with Crippen molar-refractivity contribution in [2.75, 3.05) is 5.32 Å². The van der Waals surface area contributed by atoms with E-state index in [1.165, 1.54) is 22.7 Å². The molecule has 0 fully saturated rings. The number of aryl methyl sites for hydroxylation is 1. The third-order valence-electron chi connectivity index (χ3n) is 3.03. The van der Waals surface area contributed by atoms with E-state index in [9.17, 15) is 14.4 Å². The predicted octanol–water partition coefficient (Wildman–Crippen LogP) is 2.40. The Morgan fingerprint density at radius 2 is 2.12 bits per heavy atom. The van der Waals surface area contributed by atoms with Gasteiger partial charge in [-0.1, -0.05) is 11.6 Å². The second-order valence-corrected chi connectivity index (χ2v) is 7.31. The van der Waals surface area contributed by atoms with Gasteiger partial charge in [-0.2, -0.15) is 0 Å². The number of rotatable bonds is 5. The van der Waals surface area contributed by atoms with Crippen molar-refractivity contribution < 1.29 is 4.79 Å². The van der Waals surface area contributed by atoms with Gasteiger partial charge < -0.3 is 5.32 Å². The number of hydrogen-bond donors (Lipinski definition) is 2. The molecule has 7 nitrogen and oxygen atoms in total. The number of nitrogens with one attached hydrogen (secondary N) is 2. The number of carbonyl (C=O) groups excluding carboxylic acids is 1. The summed E-state index contributed by atoms with van der Waals surface area (Å²) in [5.41, 5.74) is -0.0153. The first-order chi connectivity index (χ1) is 11.5. The van der Waals surface area contributed by atoms with E-state index in [0.717, 1.165) is 27.4 Å². The van der Waals surface area contributed by atoms with Crippen LogP contribution in [0.5, 0.6) is 0 Å². The largest absolute Gasteiger partial charge is 0.302 e. The maximum Gasteiger partial charge on any atom is 0.265 e. The number of anilines is 1. The highest BCUT2D eigenvalue weighted by molar-refractivity contribution is 7.20. The van der Waals surface area contributed by atoms with Crippen molar-refractivity contribution in [1.29, 1.82) is 0 Å². The van der Waals surface area contributed by atoms with Crippen LogP contribution in [0.1, 0.15) is 6.42 Å². The molecule has 0 spiro atoms. The first kappa shape index (κ1) is 16.6. The quantitative estimate of drug-likeness (QED) is 0.708. The molecule has 124 valence electrons. The summed E-state index contributed by atoms with van der Waals surface area (Å²) in [6.45, 7) is 0.0828. The first-order valence-corrected chi connectivity index (χ1v) is 8.90. The molecule has 0 aromatic carbocycles. The molecule has 0 radical (unpaired) electrons. The zero-order valence-electron chi connectivity index (χ0n) is 12.1. The smallest absolute Gasteiger partial charge is 0.265 e. The Balaban J connectivity index is 1.61. The molecule has 10 heteroatoms. The van der Waals surface area contributed by atoms with Crippen LogP contribution in [0.2, 0.25) is 4.34 Å². The van der Waals surface area contributed by atoms with Gasteiger partial charge in [-0.25, -0.2) is 9.67 Å². The molecular weight excluding hydrogens is 372 g/mol. The van der Waals surface area contributed by atoms with Crippen molar-refractivity contribution in [3.63, 3.8) is 0 Å². The Morgan fingerprint density at radius 3 is 2.88 bits per heavy atom. The van der Waals surface area contributed by atoms with Crippen LogP contribution in [0.3, 0.4) is 0 Å². The number of amides is 1. The van der Waals surface area contributed by atoms with Crippen LogP contribution >= 0.6 is 34.3 Å². The van der Waals surface area contributed by atoms with Gasteiger partial charge in [0.2, 0.25) is 5.91 Å². The molecule has 0 aliphatic rings. The summed E-state index contributed by atoms with van der Waals surface area (Å²) >= 11 is 8.61. The SMILES string of the molecule is O=C(CCn1[nH]c(=O)ccc1=O)Nc1nc(-c2ccc(Cl)s2)cs1. The molecular formula is C14H11ClN4O3S2. The summed E-state index contributed by atoms with van der Waals surface area (Å²) < 4.78 is 1.77. The molecule has 2 N–H and O–H groups in total. The highest BCUT2D eigenvalue weighted by Crippen LogP contribution is 2.32. The number of aromatic amines is 1. The lowest BCUT2D eigenvalue weighted by molar-refractivity contribution is -0.116. The van der Waals surface area contributed by atoms with Crippen LogP contribution in [-0.2, 0) is 11.3 Å². The van der Waals surface area contributed by atoms with Gasteiger partial charge in [0.1, 0.15) is 0 Å². The van der Waals surface area contributed by atoms with Crippen LogP contribution in [0, 0.1) is 0 Å². The van der Waals surface area contributed by atoms with Crippen molar-refractivity contribution in [2.45, 2.75) is 13.0 Å². The number of halogens is 1. The second-order valence-electron chi connectivity index (χ2n) is 4.74. The van der Waals surface area contributed by atoms with E-state index in [1.807, 2.05) is 11.4 Å². The molecule has 0 saturated heterocycles. The monoisotopic (exact) mass is 382 g/mol. The molecule has 24 heavy (non-hydrogen) atoms. The normalized spacial score (nSPS) is 10.7. The average molecular weight is 383 g/mol. The Morgan fingerprint density at radius 1 is 1.29 bits per heavy atom. The lowest BCUT2D eigenvalue weighted by Gasteiger charge is -2.04. The minimum atomic E-state index is -0.394. The first-order valence-electron chi connectivity index (χ1n) is 6.82. The minimum Gasteiger partial charge on any atom is -0.302 e. The fourth-order valence-corrected chi connectivity index (χ4v) is 3.72. The molecule has 0 atom stereocenters. The van der Waals surface area contributed by atoms with Crippen molar-refractivity contribution in [2.24, 2.45) is 0 Å². The lowest BCUT2D eigenvalue weighted by Crippen LogP contribution is -2.29. The highest BCUT2D eigenvalue weighted by Gasteiger charge is 2.10. The third-order valence-corrected chi connectivity index (χ3v) is 5.04. The number of H-pyrrole nitrogens is 1. The molecule has 0 aliphatic heterocycles. The summed E-state index contributed by atoms with van der Waals surface area (Å²) in [4.78, 5) is 39.9. The van der Waals surface area contributed by atoms with Gasteiger partial charge >= 0.3 is 0 Å². The fourth-order valence-electron chi connectivity index (χ4n) is 1.92. The number of thiophene rings is 1. The minimum absolute atomic E-state index is 0.0413. The Bertz CT molecular complexity index is 988. The number of aromatic nitrogens is 3. The number of hydrogen-bond acceptors (Lipinski definition) is 6. The van der Waals surface area contributed by atoms with Gasteiger partial charge in [-0.3, -0.25) is 19.5 Å². The van der Waals surface area contributed by atoms with Crippen molar-refractivity contribution >= 4 is 45.3 Å². The molecule has 0 aliphatic carbocycles. The summed E-state index contributed by atoms with van der Waals surface area (Å²) in [6.07, 6.45) is 0.0413. The van der Waals surface area contributed by atoms with Crippen LogP contribution in [0.25, 0.3) is 10.6 Å². The number of carbonyl (C=O) groups is 1. The number of thiazole rings is 1. The molecule has 1 amide bonds. The highest BCUT2D eigenvalue weighted by atomic mass is 35.5. The molecule has 0 bridgehead atoms. The average Bonchev–Trinajstić information content (AvgIpc) is 3.17. The zero-order valence-corrected chi connectivity index (χ0v) is 14.5. The molecule has 3 aromatic heterocycles. The van der Waals surface area contributed by atoms with Crippen molar-refractivity contribution in [3.8, 4) is 10.6 Å².